The summed E-state index contributed by atoms with van der Waals surface area (Å²) < 4.78 is 33.2. The molecular formula is C16H13ClN4O3S2. The molecule has 2 aromatic rings. The summed E-state index contributed by atoms with van der Waals surface area (Å²) >= 11 is 11.0. The lowest BCUT2D eigenvalue weighted by Crippen LogP contribution is -2.22. The summed E-state index contributed by atoms with van der Waals surface area (Å²) in [6.45, 7) is 0.115. The molecule has 3 rings (SSSR count). The molecule has 0 unspecified atom stereocenters. The number of thiocarbonyl (C=S) groups is 1. The molecule has 7 nitrogen and oxygen atoms in total. The highest BCUT2D eigenvalue weighted by atomic mass is 35.5. The number of allylic oxidation sites excluding steroid dienone is 4. The summed E-state index contributed by atoms with van der Waals surface area (Å²) in [4.78, 5) is 12.4. The Morgan fingerprint density at radius 2 is 2.00 bits per heavy atom. The molecule has 2 aromatic heterocycles. The van der Waals surface area contributed by atoms with Crippen molar-refractivity contribution in [3.63, 3.8) is 0 Å². The van der Waals surface area contributed by atoms with Crippen LogP contribution in [-0.4, -0.2) is 28.2 Å². The predicted molar refractivity (Wildman–Crippen MR) is 102 cm³/mol. The minimum atomic E-state index is -3.98. The molecule has 0 radical (unpaired) electrons. The molecule has 2 heterocycles. The first kappa shape index (κ1) is 18.4. The van der Waals surface area contributed by atoms with Crippen LogP contribution in [0, 0.1) is 0 Å². The summed E-state index contributed by atoms with van der Waals surface area (Å²) in [5, 5.41) is 0.310. The van der Waals surface area contributed by atoms with Gasteiger partial charge in [-0.25, -0.2) is 18.4 Å². The van der Waals surface area contributed by atoms with Crippen molar-refractivity contribution in [2.75, 3.05) is 4.72 Å². The number of halogens is 1. The maximum atomic E-state index is 12.6. The van der Waals surface area contributed by atoms with Gasteiger partial charge in [0.2, 0.25) is 5.82 Å². The lowest BCUT2D eigenvalue weighted by atomic mass is 10.2. The van der Waals surface area contributed by atoms with E-state index in [4.69, 9.17) is 28.6 Å². The fourth-order valence-electron chi connectivity index (χ4n) is 2.09. The van der Waals surface area contributed by atoms with Crippen molar-refractivity contribution in [1.29, 1.82) is 0 Å². The summed E-state index contributed by atoms with van der Waals surface area (Å²) in [5.74, 6) is -0.0106. The van der Waals surface area contributed by atoms with E-state index < -0.39 is 10.0 Å². The van der Waals surface area contributed by atoms with E-state index >= 15 is 0 Å². The molecule has 0 amide bonds. The van der Waals surface area contributed by atoms with Crippen molar-refractivity contribution in [3.05, 3.63) is 64.6 Å². The first-order valence-electron chi connectivity index (χ1n) is 7.43. The van der Waals surface area contributed by atoms with Gasteiger partial charge in [0.25, 0.3) is 15.9 Å². The van der Waals surface area contributed by atoms with Crippen LogP contribution in [0.15, 0.2) is 58.9 Å². The molecule has 0 saturated carbocycles. The Kier molecular flexibility index (Phi) is 5.60. The highest BCUT2D eigenvalue weighted by Crippen LogP contribution is 2.26. The number of hydrogen-bond donors (Lipinski definition) is 1. The molecule has 134 valence electrons. The van der Waals surface area contributed by atoms with Gasteiger partial charge >= 0.3 is 0 Å². The highest BCUT2D eigenvalue weighted by molar-refractivity contribution is 7.99. The third kappa shape index (κ3) is 4.43. The molecule has 0 spiro atoms. The van der Waals surface area contributed by atoms with Crippen molar-refractivity contribution in [1.82, 2.24) is 15.0 Å². The minimum absolute atomic E-state index is 0.0331. The Bertz CT molecular complexity index is 992. The maximum Gasteiger partial charge on any atom is 0.264 e. The zero-order chi connectivity index (χ0) is 18.6. The van der Waals surface area contributed by atoms with Gasteiger partial charge in [-0.15, -0.1) is 0 Å². The summed E-state index contributed by atoms with van der Waals surface area (Å²) in [6, 6.07) is 5.38. The van der Waals surface area contributed by atoms with Gasteiger partial charge in [0.15, 0.2) is 0 Å². The Balaban J connectivity index is 1.82. The van der Waals surface area contributed by atoms with E-state index in [1.807, 2.05) is 6.07 Å². The number of nitrogens with one attached hydrogen (secondary N) is 1. The second-order valence-corrected chi connectivity index (χ2v) is 7.73. The number of ether oxygens (including phenoxy) is 1. The van der Waals surface area contributed by atoms with E-state index in [1.165, 1.54) is 18.5 Å². The first-order valence-corrected chi connectivity index (χ1v) is 9.70. The van der Waals surface area contributed by atoms with Crippen LogP contribution in [0.4, 0.5) is 5.82 Å². The molecule has 0 saturated heterocycles. The van der Waals surface area contributed by atoms with Gasteiger partial charge in [-0.2, -0.15) is 0 Å². The average Bonchev–Trinajstić information content (AvgIpc) is 2.63. The second-order valence-electron chi connectivity index (χ2n) is 5.15. The summed E-state index contributed by atoms with van der Waals surface area (Å²) in [5.41, 5.74) is 0.667. The quantitative estimate of drug-likeness (QED) is 0.734. The molecule has 0 bridgehead atoms. The van der Waals surface area contributed by atoms with Crippen LogP contribution in [0.2, 0.25) is 0 Å². The lowest BCUT2D eigenvalue weighted by molar-refractivity contribution is 0.290. The second kappa shape index (κ2) is 7.90. The number of anilines is 1. The van der Waals surface area contributed by atoms with Crippen LogP contribution in [0.3, 0.4) is 0 Å². The smallest absolute Gasteiger partial charge is 0.264 e. The zero-order valence-corrected chi connectivity index (χ0v) is 15.7. The van der Waals surface area contributed by atoms with Crippen molar-refractivity contribution >= 4 is 44.5 Å². The fourth-order valence-corrected chi connectivity index (χ4v) is 3.98. The van der Waals surface area contributed by atoms with Crippen LogP contribution in [-0.2, 0) is 16.6 Å². The van der Waals surface area contributed by atoms with Crippen molar-refractivity contribution in [2.24, 2.45) is 0 Å². The van der Waals surface area contributed by atoms with Crippen LogP contribution in [0.1, 0.15) is 12.1 Å². The van der Waals surface area contributed by atoms with Crippen LogP contribution >= 0.6 is 23.8 Å². The maximum absolute atomic E-state index is 12.6. The van der Waals surface area contributed by atoms with Gasteiger partial charge in [0.1, 0.15) is 11.5 Å². The number of pyridine rings is 1. The van der Waals surface area contributed by atoms with E-state index in [2.05, 4.69) is 19.7 Å². The average molecular weight is 409 g/mol. The highest BCUT2D eigenvalue weighted by Gasteiger charge is 2.26. The van der Waals surface area contributed by atoms with Crippen LogP contribution < -0.4 is 9.46 Å². The van der Waals surface area contributed by atoms with E-state index in [1.54, 1.807) is 24.4 Å². The molecular weight excluding hydrogens is 396 g/mol. The molecule has 10 heteroatoms. The van der Waals surface area contributed by atoms with Crippen LogP contribution in [0.5, 0.6) is 5.88 Å². The zero-order valence-electron chi connectivity index (χ0n) is 13.3. The fraction of sp³-hybridized carbons (Fsp3) is 0.125. The Labute approximate surface area is 160 Å². The standard InChI is InChI=1S/C16H13ClN4O3S2/c17-11-4-5-13(25)14(9-11)26(22,23)21-15-16(20-8-7-19-15)24-10-12-3-1-2-6-18-12/h1-4,6-9H,5,10H2,(H,19,21). The summed E-state index contributed by atoms with van der Waals surface area (Å²) in [6.07, 6.45) is 7.62. The molecule has 1 aliphatic rings. The third-order valence-corrected chi connectivity index (χ3v) is 5.48. The number of hydrogen-bond acceptors (Lipinski definition) is 7. The molecule has 0 atom stereocenters. The molecule has 26 heavy (non-hydrogen) atoms. The molecule has 1 aliphatic carbocycles. The van der Waals surface area contributed by atoms with Crippen molar-refractivity contribution in [2.45, 2.75) is 13.0 Å². The van der Waals surface area contributed by atoms with E-state index in [0.29, 0.717) is 10.7 Å². The van der Waals surface area contributed by atoms with E-state index in [0.717, 1.165) is 0 Å². The van der Waals surface area contributed by atoms with Gasteiger partial charge in [-0.05, 0) is 18.2 Å². The number of nitrogens with zero attached hydrogens (tertiary/aromatic N) is 3. The molecule has 0 aliphatic heterocycles. The Hall–Kier alpha value is -2.36. The predicted octanol–water partition coefficient (Wildman–Crippen LogP) is 2.97. The van der Waals surface area contributed by atoms with Gasteiger partial charge in [-0.1, -0.05) is 36.0 Å². The number of sulfonamides is 1. The first-order chi connectivity index (χ1) is 12.5. The third-order valence-electron chi connectivity index (χ3n) is 3.29. The Morgan fingerprint density at radius 3 is 2.77 bits per heavy atom. The number of aromatic nitrogens is 3. The van der Waals surface area contributed by atoms with E-state index in [-0.39, 0.29) is 34.5 Å². The van der Waals surface area contributed by atoms with Gasteiger partial charge in [0, 0.05) is 34.9 Å². The largest absolute Gasteiger partial charge is 0.469 e. The van der Waals surface area contributed by atoms with Crippen LogP contribution in [0.25, 0.3) is 0 Å². The molecule has 0 fully saturated rings. The van der Waals surface area contributed by atoms with E-state index in [9.17, 15) is 8.42 Å². The van der Waals surface area contributed by atoms with Gasteiger partial charge in [0.05, 0.1) is 5.69 Å². The topological polar surface area (TPSA) is 94.1 Å². The summed E-state index contributed by atoms with van der Waals surface area (Å²) in [7, 11) is -3.98. The molecule has 0 aromatic carbocycles. The Morgan fingerprint density at radius 1 is 1.19 bits per heavy atom. The van der Waals surface area contributed by atoms with Crippen molar-refractivity contribution in [3.8, 4) is 5.88 Å². The minimum Gasteiger partial charge on any atom is -0.469 e. The lowest BCUT2D eigenvalue weighted by Gasteiger charge is -2.15. The van der Waals surface area contributed by atoms with Crippen molar-refractivity contribution < 1.29 is 13.2 Å². The van der Waals surface area contributed by atoms with Gasteiger partial charge < -0.3 is 4.74 Å². The SMILES string of the molecule is O=S(=O)(Nc1nccnc1OCc1ccccn1)C1=CC(Cl)=CCC1=S. The van der Waals surface area contributed by atoms with Gasteiger partial charge in [-0.3, -0.25) is 9.71 Å². The molecule has 1 N–H and O–H groups in total. The number of rotatable bonds is 6. The monoisotopic (exact) mass is 408 g/mol. The normalized spacial score (nSPS) is 14.4.